The van der Waals surface area contributed by atoms with E-state index in [9.17, 15) is 4.79 Å². The van der Waals surface area contributed by atoms with Crippen molar-refractivity contribution in [3.8, 4) is 0 Å². The van der Waals surface area contributed by atoms with Crippen molar-refractivity contribution in [2.24, 2.45) is 0 Å². The van der Waals surface area contributed by atoms with Crippen LogP contribution in [-0.4, -0.2) is 11.6 Å². The third kappa shape index (κ3) is 3.49. The van der Waals surface area contributed by atoms with Crippen LogP contribution in [0, 0.1) is 6.92 Å². The SMILES string of the molecule is Cc1cc(Br)c(Cl)c(C(=O)OC(C)(C)C)c1. The smallest absolute Gasteiger partial charge is 0.340 e. The van der Waals surface area contributed by atoms with E-state index >= 15 is 0 Å². The predicted octanol–water partition coefficient (Wildman–Crippen LogP) is 4.37. The summed E-state index contributed by atoms with van der Waals surface area (Å²) in [6, 6.07) is 3.58. The molecule has 0 heterocycles. The lowest BCUT2D eigenvalue weighted by atomic mass is 10.1. The normalized spacial score (nSPS) is 11.4. The fourth-order valence-electron chi connectivity index (χ4n) is 1.21. The standard InChI is InChI=1S/C12H14BrClO2/c1-7-5-8(10(14)9(13)6-7)11(15)16-12(2,3)4/h5-6H,1-4H3. The maximum atomic E-state index is 11.9. The van der Waals surface area contributed by atoms with E-state index in [-0.39, 0.29) is 0 Å². The minimum absolute atomic E-state index is 0.389. The zero-order valence-corrected chi connectivity index (χ0v) is 12.1. The Morgan fingerprint density at radius 2 is 1.94 bits per heavy atom. The molecule has 1 aromatic rings. The highest BCUT2D eigenvalue weighted by molar-refractivity contribution is 9.10. The number of esters is 1. The molecule has 0 bridgehead atoms. The van der Waals surface area contributed by atoms with Crippen LogP contribution < -0.4 is 0 Å². The van der Waals surface area contributed by atoms with Crippen LogP contribution in [0.15, 0.2) is 16.6 Å². The van der Waals surface area contributed by atoms with E-state index < -0.39 is 11.6 Å². The first-order valence-electron chi connectivity index (χ1n) is 4.90. The maximum Gasteiger partial charge on any atom is 0.340 e. The number of ether oxygens (including phenoxy) is 1. The number of carbonyl (C=O) groups is 1. The summed E-state index contributed by atoms with van der Waals surface area (Å²) >= 11 is 9.35. The third-order valence-corrected chi connectivity index (χ3v) is 3.05. The van der Waals surface area contributed by atoms with Crippen LogP contribution in [0.25, 0.3) is 0 Å². The van der Waals surface area contributed by atoms with Crippen LogP contribution in [0.3, 0.4) is 0 Å². The van der Waals surface area contributed by atoms with Crippen molar-refractivity contribution in [1.29, 1.82) is 0 Å². The summed E-state index contributed by atoms with van der Waals surface area (Å²) in [6.45, 7) is 7.37. The topological polar surface area (TPSA) is 26.3 Å². The van der Waals surface area contributed by atoms with Gasteiger partial charge in [-0.3, -0.25) is 0 Å². The van der Waals surface area contributed by atoms with Crippen LogP contribution in [0.4, 0.5) is 0 Å². The molecule has 16 heavy (non-hydrogen) atoms. The lowest BCUT2D eigenvalue weighted by Crippen LogP contribution is -2.24. The molecule has 1 aromatic carbocycles. The number of benzene rings is 1. The fourth-order valence-corrected chi connectivity index (χ4v) is 1.97. The minimum atomic E-state index is -0.517. The molecule has 0 saturated heterocycles. The lowest BCUT2D eigenvalue weighted by molar-refractivity contribution is 0.00696. The Kier molecular flexibility index (Phi) is 4.02. The molecule has 0 aliphatic carbocycles. The molecule has 0 fully saturated rings. The van der Waals surface area contributed by atoms with Gasteiger partial charge in [-0.2, -0.15) is 0 Å². The van der Waals surface area contributed by atoms with Crippen LogP contribution in [0.1, 0.15) is 36.7 Å². The molecule has 0 N–H and O–H groups in total. The molecule has 1 rings (SSSR count). The predicted molar refractivity (Wildman–Crippen MR) is 69.1 cm³/mol. The molecular formula is C12H14BrClO2. The number of aryl methyl sites for hydroxylation is 1. The molecule has 4 heteroatoms. The molecule has 0 aromatic heterocycles. The Morgan fingerprint density at radius 3 is 2.44 bits per heavy atom. The van der Waals surface area contributed by atoms with Gasteiger partial charge in [0, 0.05) is 4.47 Å². The molecule has 0 saturated carbocycles. The summed E-state index contributed by atoms with van der Waals surface area (Å²) in [6.07, 6.45) is 0. The van der Waals surface area contributed by atoms with Gasteiger partial charge in [0.05, 0.1) is 10.6 Å². The molecule has 0 spiro atoms. The Labute approximate surface area is 109 Å². The average molecular weight is 306 g/mol. The lowest BCUT2D eigenvalue weighted by Gasteiger charge is -2.20. The first-order valence-corrected chi connectivity index (χ1v) is 6.07. The van der Waals surface area contributed by atoms with E-state index in [2.05, 4.69) is 15.9 Å². The second kappa shape index (κ2) is 4.76. The number of hydrogen-bond donors (Lipinski definition) is 0. The summed E-state index contributed by atoms with van der Waals surface area (Å²) in [4.78, 5) is 11.9. The molecule has 0 atom stereocenters. The van der Waals surface area contributed by atoms with Crippen LogP contribution in [-0.2, 0) is 4.74 Å². The summed E-state index contributed by atoms with van der Waals surface area (Å²) in [5.74, 6) is -0.401. The summed E-state index contributed by atoms with van der Waals surface area (Å²) < 4.78 is 5.97. The third-order valence-electron chi connectivity index (χ3n) is 1.79. The van der Waals surface area contributed by atoms with Gasteiger partial charge in [0.25, 0.3) is 0 Å². The highest BCUT2D eigenvalue weighted by Crippen LogP contribution is 2.29. The van der Waals surface area contributed by atoms with Crippen molar-refractivity contribution in [2.75, 3.05) is 0 Å². The zero-order valence-electron chi connectivity index (χ0n) is 9.73. The van der Waals surface area contributed by atoms with E-state index in [0.29, 0.717) is 15.1 Å². The van der Waals surface area contributed by atoms with Gasteiger partial charge in [0.15, 0.2) is 0 Å². The van der Waals surface area contributed by atoms with E-state index in [1.54, 1.807) is 6.07 Å². The minimum Gasteiger partial charge on any atom is -0.456 e. The molecular weight excluding hydrogens is 291 g/mol. The van der Waals surface area contributed by atoms with Crippen molar-refractivity contribution < 1.29 is 9.53 Å². The Morgan fingerprint density at radius 1 is 1.38 bits per heavy atom. The first kappa shape index (κ1) is 13.5. The van der Waals surface area contributed by atoms with Crippen molar-refractivity contribution in [1.82, 2.24) is 0 Å². The van der Waals surface area contributed by atoms with Gasteiger partial charge < -0.3 is 4.74 Å². The molecule has 0 aliphatic heterocycles. The van der Waals surface area contributed by atoms with Crippen molar-refractivity contribution in [2.45, 2.75) is 33.3 Å². The first-order chi connectivity index (χ1) is 7.20. The summed E-state index contributed by atoms with van der Waals surface area (Å²) in [5.41, 5.74) is 0.831. The highest BCUT2D eigenvalue weighted by atomic mass is 79.9. The van der Waals surface area contributed by atoms with Gasteiger partial charge >= 0.3 is 5.97 Å². The van der Waals surface area contributed by atoms with Crippen LogP contribution in [0.5, 0.6) is 0 Å². The van der Waals surface area contributed by atoms with Crippen molar-refractivity contribution >= 4 is 33.5 Å². The zero-order chi connectivity index (χ0) is 12.5. The van der Waals surface area contributed by atoms with Crippen molar-refractivity contribution in [3.63, 3.8) is 0 Å². The van der Waals surface area contributed by atoms with E-state index in [1.165, 1.54) is 0 Å². The van der Waals surface area contributed by atoms with Gasteiger partial charge in [-0.1, -0.05) is 11.6 Å². The second-order valence-corrected chi connectivity index (χ2v) is 5.84. The largest absolute Gasteiger partial charge is 0.456 e. The molecule has 2 nitrogen and oxygen atoms in total. The van der Waals surface area contributed by atoms with E-state index in [0.717, 1.165) is 5.56 Å². The fraction of sp³-hybridized carbons (Fsp3) is 0.417. The van der Waals surface area contributed by atoms with E-state index in [1.807, 2.05) is 33.8 Å². The van der Waals surface area contributed by atoms with Gasteiger partial charge in [-0.25, -0.2) is 4.79 Å². The van der Waals surface area contributed by atoms with Gasteiger partial charge in [0.1, 0.15) is 5.60 Å². The summed E-state index contributed by atoms with van der Waals surface area (Å²) in [7, 11) is 0. The number of carbonyl (C=O) groups excluding carboxylic acids is 1. The Balaban J connectivity index is 3.09. The van der Waals surface area contributed by atoms with Gasteiger partial charge in [-0.15, -0.1) is 0 Å². The average Bonchev–Trinajstić information content (AvgIpc) is 2.08. The van der Waals surface area contributed by atoms with Crippen LogP contribution >= 0.6 is 27.5 Å². The van der Waals surface area contributed by atoms with Crippen LogP contribution in [0.2, 0.25) is 5.02 Å². The van der Waals surface area contributed by atoms with E-state index in [4.69, 9.17) is 16.3 Å². The molecule has 0 unspecified atom stereocenters. The van der Waals surface area contributed by atoms with Crippen molar-refractivity contribution in [3.05, 3.63) is 32.8 Å². The quantitative estimate of drug-likeness (QED) is 0.720. The highest BCUT2D eigenvalue weighted by Gasteiger charge is 2.21. The number of rotatable bonds is 1. The molecule has 0 radical (unpaired) electrons. The number of hydrogen-bond acceptors (Lipinski definition) is 2. The molecule has 0 aliphatic rings. The number of halogens is 2. The summed E-state index contributed by atoms with van der Waals surface area (Å²) in [5, 5.41) is 0.389. The Bertz CT molecular complexity index is 422. The maximum absolute atomic E-state index is 11.9. The monoisotopic (exact) mass is 304 g/mol. The molecule has 0 amide bonds. The Hall–Kier alpha value is -0.540. The molecule has 88 valence electrons. The van der Waals surface area contributed by atoms with Gasteiger partial charge in [0.2, 0.25) is 0 Å². The van der Waals surface area contributed by atoms with Gasteiger partial charge in [-0.05, 0) is 61.3 Å². The second-order valence-electron chi connectivity index (χ2n) is 4.61.